The maximum Gasteiger partial charge on any atom is 0.126 e. The molecule has 92 valence electrons. The van der Waals surface area contributed by atoms with E-state index < -0.39 is 0 Å². The summed E-state index contributed by atoms with van der Waals surface area (Å²) >= 11 is 0. The molecule has 1 aromatic heterocycles. The zero-order valence-electron chi connectivity index (χ0n) is 11.7. The van der Waals surface area contributed by atoms with Gasteiger partial charge in [-0.3, -0.25) is 4.98 Å². The molecule has 0 aliphatic carbocycles. The Kier molecular flexibility index (Phi) is 6.09. The van der Waals surface area contributed by atoms with Crippen LogP contribution in [-0.4, -0.2) is 10.6 Å². The molecule has 0 unspecified atom stereocenters. The van der Waals surface area contributed by atoms with Gasteiger partial charge in [0.2, 0.25) is 0 Å². The standard InChI is InChI=1S/C12H19NO.C2H6/c1-9(2)10-8-13-7-6-11(10)14-12(3,4)5;1-2/h6-9H,1-5H3;1-2H3. The van der Waals surface area contributed by atoms with E-state index in [4.69, 9.17) is 4.74 Å². The fraction of sp³-hybridized carbons (Fsp3) is 0.643. The minimum absolute atomic E-state index is 0.148. The molecule has 0 saturated carbocycles. The lowest BCUT2D eigenvalue weighted by molar-refractivity contribution is 0.129. The highest BCUT2D eigenvalue weighted by molar-refractivity contribution is 5.33. The summed E-state index contributed by atoms with van der Waals surface area (Å²) in [6.07, 6.45) is 3.65. The average Bonchev–Trinajstić information content (AvgIpc) is 2.19. The molecule has 0 aromatic carbocycles. The molecular weight excluding hydrogens is 198 g/mol. The summed E-state index contributed by atoms with van der Waals surface area (Å²) in [5.74, 6) is 1.39. The lowest BCUT2D eigenvalue weighted by Crippen LogP contribution is -2.23. The van der Waals surface area contributed by atoms with Crippen LogP contribution in [0.1, 0.15) is 59.9 Å². The minimum atomic E-state index is -0.148. The van der Waals surface area contributed by atoms with Crippen molar-refractivity contribution in [3.63, 3.8) is 0 Å². The molecule has 16 heavy (non-hydrogen) atoms. The molecule has 2 heteroatoms. The monoisotopic (exact) mass is 223 g/mol. The van der Waals surface area contributed by atoms with Gasteiger partial charge in [0.25, 0.3) is 0 Å². The van der Waals surface area contributed by atoms with E-state index in [2.05, 4.69) is 39.6 Å². The van der Waals surface area contributed by atoms with Gasteiger partial charge in [-0.25, -0.2) is 0 Å². The van der Waals surface area contributed by atoms with E-state index in [1.54, 1.807) is 6.20 Å². The van der Waals surface area contributed by atoms with Crippen molar-refractivity contribution in [2.24, 2.45) is 0 Å². The van der Waals surface area contributed by atoms with Crippen LogP contribution in [0.2, 0.25) is 0 Å². The van der Waals surface area contributed by atoms with E-state index in [0.29, 0.717) is 5.92 Å². The largest absolute Gasteiger partial charge is 0.488 e. The Morgan fingerprint density at radius 3 is 2.19 bits per heavy atom. The molecule has 1 rings (SSSR count). The van der Waals surface area contributed by atoms with Crippen molar-refractivity contribution in [1.29, 1.82) is 0 Å². The Morgan fingerprint density at radius 2 is 1.75 bits per heavy atom. The Hall–Kier alpha value is -1.05. The van der Waals surface area contributed by atoms with Crippen molar-refractivity contribution in [1.82, 2.24) is 4.98 Å². The molecule has 0 N–H and O–H groups in total. The average molecular weight is 223 g/mol. The van der Waals surface area contributed by atoms with Crippen molar-refractivity contribution in [2.45, 2.75) is 60.0 Å². The Balaban J connectivity index is 0.00000106. The number of nitrogens with zero attached hydrogens (tertiary/aromatic N) is 1. The highest BCUT2D eigenvalue weighted by Crippen LogP contribution is 2.27. The number of aromatic nitrogens is 1. The van der Waals surface area contributed by atoms with Crippen LogP contribution in [0, 0.1) is 0 Å². The van der Waals surface area contributed by atoms with Crippen LogP contribution in [0.3, 0.4) is 0 Å². The Labute approximate surface area is 100 Å². The zero-order chi connectivity index (χ0) is 12.8. The third-order valence-corrected chi connectivity index (χ3v) is 1.85. The lowest BCUT2D eigenvalue weighted by atomic mass is 10.0. The van der Waals surface area contributed by atoms with Gasteiger partial charge < -0.3 is 4.74 Å². The third kappa shape index (κ3) is 5.15. The molecule has 0 aliphatic heterocycles. The number of pyridine rings is 1. The van der Waals surface area contributed by atoms with Crippen molar-refractivity contribution < 1.29 is 4.74 Å². The number of rotatable bonds is 2. The summed E-state index contributed by atoms with van der Waals surface area (Å²) in [7, 11) is 0. The molecule has 1 aromatic rings. The highest BCUT2D eigenvalue weighted by atomic mass is 16.5. The van der Waals surface area contributed by atoms with E-state index in [0.717, 1.165) is 5.75 Å². The van der Waals surface area contributed by atoms with Crippen LogP contribution in [-0.2, 0) is 0 Å². The fourth-order valence-corrected chi connectivity index (χ4v) is 1.25. The quantitative estimate of drug-likeness (QED) is 0.741. The molecule has 0 radical (unpaired) electrons. The van der Waals surface area contributed by atoms with Gasteiger partial charge in [-0.1, -0.05) is 27.7 Å². The molecule has 0 fully saturated rings. The second-order valence-corrected chi connectivity index (χ2v) is 4.78. The summed E-state index contributed by atoms with van der Waals surface area (Å²) in [5.41, 5.74) is 1.02. The molecule has 2 nitrogen and oxygen atoms in total. The van der Waals surface area contributed by atoms with Gasteiger partial charge in [-0.15, -0.1) is 0 Å². The number of hydrogen-bond acceptors (Lipinski definition) is 2. The van der Waals surface area contributed by atoms with Crippen molar-refractivity contribution in [2.75, 3.05) is 0 Å². The Bertz CT molecular complexity index is 300. The summed E-state index contributed by atoms with van der Waals surface area (Å²) < 4.78 is 5.85. The van der Waals surface area contributed by atoms with Gasteiger partial charge in [0, 0.05) is 18.0 Å². The van der Waals surface area contributed by atoms with Crippen LogP contribution >= 0.6 is 0 Å². The molecule has 0 spiro atoms. The molecule has 0 aliphatic rings. The van der Waals surface area contributed by atoms with Crippen molar-refractivity contribution in [3.05, 3.63) is 24.0 Å². The third-order valence-electron chi connectivity index (χ3n) is 1.85. The van der Waals surface area contributed by atoms with Crippen molar-refractivity contribution in [3.8, 4) is 5.75 Å². The normalized spacial score (nSPS) is 10.8. The van der Waals surface area contributed by atoms with Crippen LogP contribution in [0.5, 0.6) is 5.75 Å². The first kappa shape index (κ1) is 14.9. The first-order valence-corrected chi connectivity index (χ1v) is 6.03. The summed E-state index contributed by atoms with van der Waals surface area (Å²) in [6.45, 7) is 14.5. The van der Waals surface area contributed by atoms with Crippen LogP contribution in [0.25, 0.3) is 0 Å². The van der Waals surface area contributed by atoms with E-state index in [-0.39, 0.29) is 5.60 Å². The van der Waals surface area contributed by atoms with Gasteiger partial charge >= 0.3 is 0 Å². The predicted octanol–water partition coefficient (Wildman–Crippen LogP) is 4.41. The number of ether oxygens (including phenoxy) is 1. The smallest absolute Gasteiger partial charge is 0.126 e. The summed E-state index contributed by atoms with van der Waals surface area (Å²) in [6, 6.07) is 1.93. The van der Waals surface area contributed by atoms with Crippen LogP contribution in [0.4, 0.5) is 0 Å². The maximum absolute atomic E-state index is 5.85. The van der Waals surface area contributed by atoms with Gasteiger partial charge in [0.05, 0.1) is 0 Å². The van der Waals surface area contributed by atoms with E-state index in [9.17, 15) is 0 Å². The van der Waals surface area contributed by atoms with Gasteiger partial charge in [-0.2, -0.15) is 0 Å². The number of hydrogen-bond donors (Lipinski definition) is 0. The first-order valence-electron chi connectivity index (χ1n) is 6.03. The summed E-state index contributed by atoms with van der Waals surface area (Å²) in [4.78, 5) is 4.12. The second kappa shape index (κ2) is 6.51. The second-order valence-electron chi connectivity index (χ2n) is 4.78. The van der Waals surface area contributed by atoms with E-state index >= 15 is 0 Å². The van der Waals surface area contributed by atoms with Crippen molar-refractivity contribution >= 4 is 0 Å². The molecule has 0 saturated heterocycles. The fourth-order valence-electron chi connectivity index (χ4n) is 1.25. The summed E-state index contributed by atoms with van der Waals surface area (Å²) in [5, 5.41) is 0. The van der Waals surface area contributed by atoms with E-state index in [1.165, 1.54) is 5.56 Å². The molecule has 0 amide bonds. The zero-order valence-corrected chi connectivity index (χ0v) is 11.7. The van der Waals surface area contributed by atoms with Crippen LogP contribution < -0.4 is 4.74 Å². The van der Waals surface area contributed by atoms with E-state index in [1.807, 2.05) is 26.1 Å². The highest BCUT2D eigenvalue weighted by Gasteiger charge is 2.15. The topological polar surface area (TPSA) is 22.1 Å². The van der Waals surface area contributed by atoms with Gasteiger partial charge in [0.15, 0.2) is 0 Å². The van der Waals surface area contributed by atoms with Crippen LogP contribution in [0.15, 0.2) is 18.5 Å². The molecule has 0 bridgehead atoms. The predicted molar refractivity (Wildman–Crippen MR) is 70.1 cm³/mol. The lowest BCUT2D eigenvalue weighted by Gasteiger charge is -2.23. The molecule has 0 atom stereocenters. The Morgan fingerprint density at radius 1 is 1.19 bits per heavy atom. The molecule has 1 heterocycles. The minimum Gasteiger partial charge on any atom is -0.488 e. The van der Waals surface area contributed by atoms with Gasteiger partial charge in [-0.05, 0) is 32.8 Å². The van der Waals surface area contributed by atoms with Gasteiger partial charge in [0.1, 0.15) is 11.4 Å². The SMILES string of the molecule is CC.CC(C)c1cnccc1OC(C)(C)C. The maximum atomic E-state index is 5.85. The molecular formula is C14H25NO. The first-order chi connectivity index (χ1) is 7.40.